The quantitative estimate of drug-likeness (QED) is 0.529. The maximum atomic E-state index is 13.0. The smallest absolute Gasteiger partial charge is 0.229 e. The molecular formula is C28H32ClN5O3. The zero-order valence-electron chi connectivity index (χ0n) is 20.9. The monoisotopic (exact) mass is 521 g/mol. The van der Waals surface area contributed by atoms with Crippen molar-refractivity contribution in [2.75, 3.05) is 49.6 Å². The summed E-state index contributed by atoms with van der Waals surface area (Å²) < 4.78 is 5.53. The van der Waals surface area contributed by atoms with Crippen molar-refractivity contribution in [3.63, 3.8) is 0 Å². The van der Waals surface area contributed by atoms with Crippen LogP contribution in [0.3, 0.4) is 0 Å². The highest BCUT2D eigenvalue weighted by Crippen LogP contribution is 2.42. The Morgan fingerprint density at radius 1 is 1.14 bits per heavy atom. The Bertz CT molecular complexity index is 1300. The van der Waals surface area contributed by atoms with E-state index in [0.717, 1.165) is 61.2 Å². The number of halogens is 1. The Morgan fingerprint density at radius 2 is 1.97 bits per heavy atom. The van der Waals surface area contributed by atoms with Crippen molar-refractivity contribution in [2.45, 2.75) is 37.3 Å². The number of nitrogens with one attached hydrogen (secondary N) is 1. The van der Waals surface area contributed by atoms with Crippen LogP contribution in [0.15, 0.2) is 48.8 Å². The van der Waals surface area contributed by atoms with Gasteiger partial charge in [0, 0.05) is 61.5 Å². The SMILES string of the molecule is C[C@]1(N2CCN(c3cc4cc(NC(=O)[C@H]5CC[C@H]5c5ccccn5)ncc4cc3Cl)CC2)COC[C@H]1O. The second kappa shape index (κ2) is 9.83. The third-order valence-electron chi connectivity index (χ3n) is 8.45. The van der Waals surface area contributed by atoms with Gasteiger partial charge < -0.3 is 20.1 Å². The van der Waals surface area contributed by atoms with Crippen LogP contribution in [-0.2, 0) is 9.53 Å². The van der Waals surface area contributed by atoms with Crippen LogP contribution in [0.1, 0.15) is 31.4 Å². The summed E-state index contributed by atoms with van der Waals surface area (Å²) in [6.07, 6.45) is 4.90. The summed E-state index contributed by atoms with van der Waals surface area (Å²) in [5, 5.41) is 16.0. The number of aliphatic hydroxyl groups excluding tert-OH is 1. The summed E-state index contributed by atoms with van der Waals surface area (Å²) in [5.74, 6) is 0.607. The Kier molecular flexibility index (Phi) is 6.52. The number of aliphatic hydroxyl groups is 1. The first-order valence-corrected chi connectivity index (χ1v) is 13.4. The lowest BCUT2D eigenvalue weighted by Crippen LogP contribution is -2.60. The molecule has 1 aromatic carbocycles. The van der Waals surface area contributed by atoms with Crippen molar-refractivity contribution in [1.29, 1.82) is 0 Å². The van der Waals surface area contributed by atoms with Crippen molar-refractivity contribution in [2.24, 2.45) is 5.92 Å². The van der Waals surface area contributed by atoms with E-state index in [1.807, 2.05) is 30.3 Å². The number of carbonyl (C=O) groups excluding carboxylic acids is 1. The topological polar surface area (TPSA) is 90.8 Å². The highest BCUT2D eigenvalue weighted by molar-refractivity contribution is 6.34. The van der Waals surface area contributed by atoms with Crippen LogP contribution in [0.2, 0.25) is 5.02 Å². The number of piperazine rings is 1. The standard InChI is InChI=1S/C28H32ClN5O3/c1-28(17-37-16-25(28)35)34-10-8-33(9-11-34)24-13-18-14-26(31-15-19(18)12-22(24)29)32-27(36)21-6-5-20(21)23-4-2-3-7-30-23/h2-4,7,12-15,20-21,25,35H,5-6,8-11,16-17H2,1H3,(H,31,32,36)/t20-,21+,25-,28+/m1/s1. The predicted octanol–water partition coefficient (Wildman–Crippen LogP) is 3.69. The number of amides is 1. The first kappa shape index (κ1) is 24.6. The molecule has 6 rings (SSSR count). The van der Waals surface area contributed by atoms with Gasteiger partial charge in [-0.3, -0.25) is 14.7 Å². The summed E-state index contributed by atoms with van der Waals surface area (Å²) in [6.45, 7) is 6.27. The molecular weight excluding hydrogens is 490 g/mol. The van der Waals surface area contributed by atoms with E-state index < -0.39 is 6.10 Å². The second-order valence-electron chi connectivity index (χ2n) is 10.6. The lowest BCUT2D eigenvalue weighted by Gasteiger charge is -2.45. The van der Waals surface area contributed by atoms with Crippen LogP contribution in [0, 0.1) is 5.92 Å². The molecule has 0 unspecified atom stereocenters. The predicted molar refractivity (Wildman–Crippen MR) is 144 cm³/mol. The molecule has 3 aliphatic rings. The van der Waals surface area contributed by atoms with Crippen molar-refractivity contribution < 1.29 is 14.6 Å². The largest absolute Gasteiger partial charge is 0.389 e. The van der Waals surface area contributed by atoms with E-state index in [2.05, 4.69) is 38.1 Å². The maximum Gasteiger partial charge on any atom is 0.229 e. The molecule has 2 aromatic heterocycles. The van der Waals surface area contributed by atoms with Crippen LogP contribution < -0.4 is 10.2 Å². The Labute approximate surface area is 221 Å². The van der Waals surface area contributed by atoms with Crippen molar-refractivity contribution in [3.05, 3.63) is 59.5 Å². The van der Waals surface area contributed by atoms with Crippen LogP contribution in [0.25, 0.3) is 10.8 Å². The van der Waals surface area contributed by atoms with Gasteiger partial charge in [0.1, 0.15) is 5.82 Å². The van der Waals surface area contributed by atoms with E-state index >= 15 is 0 Å². The number of nitrogens with zero attached hydrogens (tertiary/aromatic N) is 4. The van der Waals surface area contributed by atoms with Gasteiger partial charge in [-0.1, -0.05) is 17.7 Å². The third kappa shape index (κ3) is 4.56. The average molecular weight is 522 g/mol. The number of pyridine rings is 2. The van der Waals surface area contributed by atoms with E-state index in [0.29, 0.717) is 24.1 Å². The molecule has 2 aliphatic heterocycles. The number of hydrogen-bond donors (Lipinski definition) is 2. The molecule has 2 saturated heterocycles. The van der Waals surface area contributed by atoms with Gasteiger partial charge in [-0.25, -0.2) is 4.98 Å². The van der Waals surface area contributed by atoms with E-state index in [1.165, 1.54) is 0 Å². The van der Waals surface area contributed by atoms with Gasteiger partial charge in [0.25, 0.3) is 0 Å². The van der Waals surface area contributed by atoms with Crippen molar-refractivity contribution in [3.8, 4) is 0 Å². The molecule has 1 aliphatic carbocycles. The fourth-order valence-electron chi connectivity index (χ4n) is 5.86. The number of ether oxygens (including phenoxy) is 1. The fourth-order valence-corrected chi connectivity index (χ4v) is 6.15. The molecule has 3 fully saturated rings. The molecule has 1 amide bonds. The molecule has 3 aromatic rings. The van der Waals surface area contributed by atoms with Gasteiger partial charge in [-0.2, -0.15) is 0 Å². The van der Waals surface area contributed by atoms with Crippen LogP contribution in [-0.4, -0.2) is 76.9 Å². The zero-order chi connectivity index (χ0) is 25.6. The van der Waals surface area contributed by atoms with Crippen molar-refractivity contribution >= 4 is 39.8 Å². The summed E-state index contributed by atoms with van der Waals surface area (Å²) >= 11 is 6.70. The van der Waals surface area contributed by atoms with Crippen LogP contribution >= 0.6 is 11.6 Å². The van der Waals surface area contributed by atoms with Crippen LogP contribution in [0.4, 0.5) is 11.5 Å². The number of hydrogen-bond acceptors (Lipinski definition) is 7. The molecule has 4 atom stereocenters. The number of rotatable bonds is 5. The summed E-state index contributed by atoms with van der Waals surface area (Å²) in [5.41, 5.74) is 1.61. The lowest BCUT2D eigenvalue weighted by molar-refractivity contribution is -0.123. The minimum atomic E-state index is -0.469. The molecule has 37 heavy (non-hydrogen) atoms. The molecule has 0 radical (unpaired) electrons. The van der Waals surface area contributed by atoms with Gasteiger partial charge in [0.2, 0.25) is 5.91 Å². The first-order chi connectivity index (χ1) is 17.9. The van der Waals surface area contributed by atoms with E-state index in [1.54, 1.807) is 12.4 Å². The minimum absolute atomic E-state index is 0.00867. The Balaban J connectivity index is 1.16. The Hall–Kier alpha value is -2.78. The third-order valence-corrected chi connectivity index (χ3v) is 8.75. The molecule has 0 bridgehead atoms. The molecule has 8 nitrogen and oxygen atoms in total. The van der Waals surface area contributed by atoms with Crippen LogP contribution in [0.5, 0.6) is 0 Å². The number of anilines is 2. The fraction of sp³-hybridized carbons (Fsp3) is 0.464. The van der Waals surface area contributed by atoms with Gasteiger partial charge >= 0.3 is 0 Å². The van der Waals surface area contributed by atoms with E-state index in [9.17, 15) is 9.90 Å². The number of aromatic nitrogens is 2. The molecule has 4 heterocycles. The lowest BCUT2D eigenvalue weighted by atomic mass is 9.71. The zero-order valence-corrected chi connectivity index (χ0v) is 21.7. The van der Waals surface area contributed by atoms with E-state index in [4.69, 9.17) is 16.3 Å². The molecule has 2 N–H and O–H groups in total. The molecule has 194 valence electrons. The highest BCUT2D eigenvalue weighted by Gasteiger charge is 2.44. The Morgan fingerprint density at radius 3 is 2.65 bits per heavy atom. The summed E-state index contributed by atoms with van der Waals surface area (Å²) in [6, 6.07) is 11.8. The maximum absolute atomic E-state index is 13.0. The number of fused-ring (bicyclic) bond motifs is 1. The number of carbonyl (C=O) groups is 1. The normalized spacial score (nSPS) is 28.3. The van der Waals surface area contributed by atoms with Gasteiger partial charge in [0.15, 0.2) is 0 Å². The summed E-state index contributed by atoms with van der Waals surface area (Å²) in [4.78, 5) is 26.6. The molecule has 0 spiro atoms. The van der Waals surface area contributed by atoms with Gasteiger partial charge in [-0.15, -0.1) is 0 Å². The average Bonchev–Trinajstić information content (AvgIpc) is 3.23. The van der Waals surface area contributed by atoms with E-state index in [-0.39, 0.29) is 23.3 Å². The molecule has 9 heteroatoms. The first-order valence-electron chi connectivity index (χ1n) is 13.0. The highest BCUT2D eigenvalue weighted by atomic mass is 35.5. The minimum Gasteiger partial charge on any atom is -0.389 e. The van der Waals surface area contributed by atoms with Crippen molar-refractivity contribution in [1.82, 2.24) is 14.9 Å². The van der Waals surface area contributed by atoms with Gasteiger partial charge in [-0.05, 0) is 55.5 Å². The molecule has 1 saturated carbocycles. The van der Waals surface area contributed by atoms with Gasteiger partial charge in [0.05, 0.1) is 35.6 Å². The summed E-state index contributed by atoms with van der Waals surface area (Å²) in [7, 11) is 0. The number of benzene rings is 1. The second-order valence-corrected chi connectivity index (χ2v) is 11.0.